The van der Waals surface area contributed by atoms with E-state index in [4.69, 9.17) is 23.6 Å². The summed E-state index contributed by atoms with van der Waals surface area (Å²) in [7, 11) is 0. The standard InChI is InChI=1S/C3H3Cl2NO/c1-2-3(7)6(4)5/h2H,1H2. The molecule has 0 aliphatic rings. The maximum absolute atomic E-state index is 10.1. The number of rotatable bonds is 1. The lowest BCUT2D eigenvalue weighted by Gasteiger charge is -1.93. The minimum atomic E-state index is -0.525. The van der Waals surface area contributed by atoms with Crippen LogP contribution in [0.2, 0.25) is 0 Å². The number of carbonyl (C=O) groups excluding carboxylic acids is 1. The summed E-state index contributed by atoms with van der Waals surface area (Å²) in [6.45, 7) is 3.12. The van der Waals surface area contributed by atoms with Crippen molar-refractivity contribution in [3.63, 3.8) is 0 Å². The van der Waals surface area contributed by atoms with Crippen molar-refractivity contribution in [3.8, 4) is 0 Å². The van der Waals surface area contributed by atoms with Gasteiger partial charge in [-0.05, 0) is 6.08 Å². The third-order valence-electron chi connectivity index (χ3n) is 0.341. The van der Waals surface area contributed by atoms with Crippen LogP contribution < -0.4 is 0 Å². The van der Waals surface area contributed by atoms with Gasteiger partial charge in [-0.3, -0.25) is 4.79 Å². The molecule has 0 saturated heterocycles. The van der Waals surface area contributed by atoms with E-state index in [-0.39, 0.29) is 0 Å². The molecule has 40 valence electrons. The third-order valence-corrected chi connectivity index (χ3v) is 0.674. The monoisotopic (exact) mass is 139 g/mol. The molecular formula is C3H3Cl2NO. The van der Waals surface area contributed by atoms with Crippen LogP contribution in [0, 0.1) is 0 Å². The van der Waals surface area contributed by atoms with E-state index in [0.717, 1.165) is 6.08 Å². The SMILES string of the molecule is C=CC(=O)N(Cl)Cl. The molecule has 0 saturated carbocycles. The molecule has 4 heteroatoms. The Labute approximate surface area is 51.5 Å². The van der Waals surface area contributed by atoms with Crippen molar-refractivity contribution in [2.45, 2.75) is 0 Å². The molecule has 0 rings (SSSR count). The highest BCUT2D eigenvalue weighted by atomic mass is 35.5. The van der Waals surface area contributed by atoms with Crippen LogP contribution in [0.25, 0.3) is 0 Å². The Kier molecular flexibility index (Phi) is 2.79. The second-order valence-corrected chi connectivity index (χ2v) is 1.62. The van der Waals surface area contributed by atoms with E-state index in [1.807, 2.05) is 0 Å². The minimum Gasteiger partial charge on any atom is -0.267 e. The van der Waals surface area contributed by atoms with Gasteiger partial charge in [-0.15, -0.1) is 0 Å². The first kappa shape index (κ1) is 6.79. The fraction of sp³-hybridized carbons (Fsp3) is 0. The Morgan fingerprint density at radius 1 is 1.71 bits per heavy atom. The van der Waals surface area contributed by atoms with Crippen molar-refractivity contribution in [1.82, 2.24) is 3.94 Å². The molecule has 0 aromatic rings. The Morgan fingerprint density at radius 2 is 2.14 bits per heavy atom. The molecule has 0 aromatic heterocycles. The molecule has 0 atom stereocenters. The first-order chi connectivity index (χ1) is 3.18. The number of carbonyl (C=O) groups is 1. The van der Waals surface area contributed by atoms with Crippen molar-refractivity contribution in [2.24, 2.45) is 0 Å². The summed E-state index contributed by atoms with van der Waals surface area (Å²) in [4.78, 5) is 10.1. The lowest BCUT2D eigenvalue weighted by molar-refractivity contribution is -0.118. The lowest BCUT2D eigenvalue weighted by atomic mass is 10.6. The summed E-state index contributed by atoms with van der Waals surface area (Å²) in [5, 5.41) is 0. The van der Waals surface area contributed by atoms with E-state index in [2.05, 4.69) is 6.58 Å². The van der Waals surface area contributed by atoms with Crippen molar-refractivity contribution in [1.29, 1.82) is 0 Å². The molecule has 0 N–H and O–H groups in total. The van der Waals surface area contributed by atoms with E-state index in [1.165, 1.54) is 0 Å². The highest BCUT2D eigenvalue weighted by Gasteiger charge is 1.98. The number of nitrogens with zero attached hydrogens (tertiary/aromatic N) is 1. The Bertz CT molecular complexity index is 90.9. The van der Waals surface area contributed by atoms with Crippen molar-refractivity contribution in [2.75, 3.05) is 0 Å². The smallest absolute Gasteiger partial charge is 0.267 e. The lowest BCUT2D eigenvalue weighted by Crippen LogP contribution is -2.05. The number of halogens is 2. The highest BCUT2D eigenvalue weighted by Crippen LogP contribution is 1.98. The fourth-order valence-corrected chi connectivity index (χ4v) is 0.207. The molecule has 0 spiro atoms. The highest BCUT2D eigenvalue weighted by molar-refractivity contribution is 6.42. The quantitative estimate of drug-likeness (QED) is 0.397. The molecule has 0 aromatic carbocycles. The van der Waals surface area contributed by atoms with Crippen LogP contribution in [-0.2, 0) is 4.79 Å². The first-order valence-electron chi connectivity index (χ1n) is 1.46. The van der Waals surface area contributed by atoms with Crippen molar-refractivity contribution in [3.05, 3.63) is 12.7 Å². The summed E-state index contributed by atoms with van der Waals surface area (Å²) in [5.74, 6) is -0.525. The molecule has 0 unspecified atom stereocenters. The predicted molar refractivity (Wildman–Crippen MR) is 28.7 cm³/mol. The molecule has 0 bridgehead atoms. The normalized spacial score (nSPS) is 7.71. The summed E-state index contributed by atoms with van der Waals surface area (Å²) in [6, 6.07) is 0. The van der Waals surface area contributed by atoms with Crippen LogP contribution in [0.15, 0.2) is 12.7 Å². The zero-order valence-electron chi connectivity index (χ0n) is 3.40. The zero-order chi connectivity index (χ0) is 5.86. The van der Waals surface area contributed by atoms with Crippen LogP contribution >= 0.6 is 23.6 Å². The molecule has 2 nitrogen and oxygen atoms in total. The van der Waals surface area contributed by atoms with E-state index < -0.39 is 5.91 Å². The average Bonchev–Trinajstić information content (AvgIpc) is 1.65. The Morgan fingerprint density at radius 3 is 2.14 bits per heavy atom. The molecule has 0 radical (unpaired) electrons. The van der Waals surface area contributed by atoms with Gasteiger partial charge in [0.1, 0.15) is 0 Å². The van der Waals surface area contributed by atoms with Gasteiger partial charge in [0.15, 0.2) is 0 Å². The van der Waals surface area contributed by atoms with Gasteiger partial charge in [0.2, 0.25) is 0 Å². The topological polar surface area (TPSA) is 20.3 Å². The second kappa shape index (κ2) is 2.88. The van der Waals surface area contributed by atoms with Crippen molar-refractivity contribution >= 4 is 29.5 Å². The Balaban J connectivity index is 3.56. The van der Waals surface area contributed by atoms with Gasteiger partial charge in [-0.1, -0.05) is 6.58 Å². The Hall–Kier alpha value is -0.210. The number of hydrogen-bond donors (Lipinski definition) is 0. The number of hydrogen-bond acceptors (Lipinski definition) is 1. The fourth-order valence-electron chi connectivity index (χ4n) is 0.0690. The largest absolute Gasteiger partial charge is 0.275 e. The second-order valence-electron chi connectivity index (χ2n) is 0.775. The molecule has 0 aliphatic carbocycles. The predicted octanol–water partition coefficient (Wildman–Crippen LogP) is 1.31. The van der Waals surface area contributed by atoms with E-state index in [9.17, 15) is 4.79 Å². The van der Waals surface area contributed by atoms with Crippen LogP contribution in [0.3, 0.4) is 0 Å². The van der Waals surface area contributed by atoms with E-state index >= 15 is 0 Å². The molecule has 0 heterocycles. The summed E-state index contributed by atoms with van der Waals surface area (Å²) >= 11 is 9.81. The molecule has 1 amide bonds. The maximum atomic E-state index is 10.1. The summed E-state index contributed by atoms with van der Waals surface area (Å²) in [5.41, 5.74) is 0. The average molecular weight is 140 g/mol. The molecule has 0 aliphatic heterocycles. The van der Waals surface area contributed by atoms with Crippen LogP contribution in [0.5, 0.6) is 0 Å². The molecule has 7 heavy (non-hydrogen) atoms. The van der Waals surface area contributed by atoms with Gasteiger partial charge < -0.3 is 0 Å². The summed E-state index contributed by atoms with van der Waals surface area (Å²) in [6.07, 6.45) is 1.01. The third kappa shape index (κ3) is 2.48. The zero-order valence-corrected chi connectivity index (χ0v) is 4.91. The maximum Gasteiger partial charge on any atom is 0.275 e. The molecule has 0 fully saturated rings. The van der Waals surface area contributed by atoms with Crippen LogP contribution in [-0.4, -0.2) is 9.85 Å². The van der Waals surface area contributed by atoms with Gasteiger partial charge >= 0.3 is 0 Å². The van der Waals surface area contributed by atoms with Crippen molar-refractivity contribution < 1.29 is 4.79 Å². The van der Waals surface area contributed by atoms with Gasteiger partial charge in [0.25, 0.3) is 5.91 Å². The van der Waals surface area contributed by atoms with Gasteiger partial charge in [-0.2, -0.15) is 3.94 Å². The van der Waals surface area contributed by atoms with Gasteiger partial charge in [-0.25, -0.2) is 0 Å². The van der Waals surface area contributed by atoms with E-state index in [0.29, 0.717) is 3.94 Å². The summed E-state index contributed by atoms with van der Waals surface area (Å²) < 4.78 is 0.410. The van der Waals surface area contributed by atoms with Gasteiger partial charge in [0.05, 0.1) is 0 Å². The van der Waals surface area contributed by atoms with E-state index in [1.54, 1.807) is 0 Å². The van der Waals surface area contributed by atoms with Crippen LogP contribution in [0.1, 0.15) is 0 Å². The molecular weight excluding hydrogens is 137 g/mol. The first-order valence-corrected chi connectivity index (χ1v) is 2.14. The van der Waals surface area contributed by atoms with Gasteiger partial charge in [0, 0.05) is 23.6 Å². The number of amides is 1. The van der Waals surface area contributed by atoms with Crippen LogP contribution in [0.4, 0.5) is 0 Å². The minimum absolute atomic E-state index is 0.410.